The van der Waals surface area contributed by atoms with Crippen LogP contribution in [0.5, 0.6) is 0 Å². The van der Waals surface area contributed by atoms with Crippen LogP contribution in [-0.4, -0.2) is 22.9 Å². The zero-order chi connectivity index (χ0) is 6.85. The van der Waals surface area contributed by atoms with Gasteiger partial charge in [-0.25, -0.2) is 0 Å². The molecule has 0 saturated carbocycles. The molecule has 0 unspecified atom stereocenters. The predicted octanol–water partition coefficient (Wildman–Crippen LogP) is 0.0899. The van der Waals surface area contributed by atoms with Crippen molar-refractivity contribution >= 4 is 17.7 Å². The first kappa shape index (κ1) is 6.83. The maximum atomic E-state index is 10.8. The third-order valence-corrected chi connectivity index (χ3v) is 1.76. The second-order valence-corrected chi connectivity index (χ2v) is 2.58. The minimum Gasteiger partial charge on any atom is -0.320 e. The number of piperidine rings is 1. The van der Waals surface area contributed by atoms with Crippen molar-refractivity contribution in [3.8, 4) is 0 Å². The number of amides is 1. The van der Waals surface area contributed by atoms with Crippen LogP contribution in [0.4, 0.5) is 0 Å². The summed E-state index contributed by atoms with van der Waals surface area (Å²) in [5.74, 6) is -0.150. The molecule has 3 nitrogen and oxygen atoms in total. The van der Waals surface area contributed by atoms with Crippen molar-refractivity contribution in [2.75, 3.05) is 6.54 Å². The fraction of sp³-hybridized carbons (Fsp3) is 0.800. The van der Waals surface area contributed by atoms with Gasteiger partial charge in [0.2, 0.25) is 0 Å². The van der Waals surface area contributed by atoms with Crippen molar-refractivity contribution in [2.45, 2.75) is 18.9 Å². The van der Waals surface area contributed by atoms with Crippen LogP contribution in [0.15, 0.2) is 0 Å². The van der Waals surface area contributed by atoms with Gasteiger partial charge in [0.15, 0.2) is 0 Å². The molecule has 1 aliphatic heterocycles. The molecule has 2 N–H and O–H groups in total. The molecule has 0 bridgehead atoms. The minimum atomic E-state index is -0.365. The van der Waals surface area contributed by atoms with Crippen LogP contribution in [0.3, 0.4) is 0 Å². The molecule has 0 spiro atoms. The molecular formula is C5H9ClN2O. The van der Waals surface area contributed by atoms with Gasteiger partial charge in [0.1, 0.15) is 0 Å². The molecule has 0 aromatic heterocycles. The highest BCUT2D eigenvalue weighted by atomic mass is 35.5. The number of nitrogens with zero attached hydrogens (tertiary/aromatic N) is 1. The van der Waals surface area contributed by atoms with Gasteiger partial charge < -0.3 is 5.73 Å². The van der Waals surface area contributed by atoms with Crippen molar-refractivity contribution in [3.63, 3.8) is 0 Å². The number of hydrogen-bond donors (Lipinski definition) is 1. The average molecular weight is 149 g/mol. The molecule has 1 rings (SSSR count). The zero-order valence-corrected chi connectivity index (χ0v) is 5.77. The number of hydrogen-bond acceptors (Lipinski definition) is 2. The van der Waals surface area contributed by atoms with Gasteiger partial charge in [0.25, 0.3) is 5.91 Å². The molecular weight excluding hydrogens is 140 g/mol. The van der Waals surface area contributed by atoms with E-state index in [1.807, 2.05) is 0 Å². The molecule has 1 heterocycles. The van der Waals surface area contributed by atoms with Crippen molar-refractivity contribution in [1.82, 2.24) is 4.42 Å². The van der Waals surface area contributed by atoms with Crippen molar-refractivity contribution in [1.29, 1.82) is 0 Å². The highest BCUT2D eigenvalue weighted by Gasteiger charge is 2.23. The molecule has 0 aromatic rings. The lowest BCUT2D eigenvalue weighted by molar-refractivity contribution is -0.129. The number of rotatable bonds is 0. The van der Waals surface area contributed by atoms with Gasteiger partial charge >= 0.3 is 0 Å². The van der Waals surface area contributed by atoms with Crippen LogP contribution in [0.2, 0.25) is 0 Å². The van der Waals surface area contributed by atoms with E-state index in [0.717, 1.165) is 17.3 Å². The summed E-state index contributed by atoms with van der Waals surface area (Å²) in [6.07, 6.45) is 1.68. The van der Waals surface area contributed by atoms with Gasteiger partial charge in [-0.15, -0.1) is 0 Å². The van der Waals surface area contributed by atoms with Crippen molar-refractivity contribution < 1.29 is 4.79 Å². The average Bonchev–Trinajstić information content (AvgIpc) is 1.83. The van der Waals surface area contributed by atoms with Gasteiger partial charge in [0.05, 0.1) is 6.04 Å². The third kappa shape index (κ3) is 1.34. The largest absolute Gasteiger partial charge is 0.320 e. The monoisotopic (exact) mass is 148 g/mol. The Morgan fingerprint density at radius 1 is 1.78 bits per heavy atom. The summed E-state index contributed by atoms with van der Waals surface area (Å²) < 4.78 is 1.16. The third-order valence-electron chi connectivity index (χ3n) is 1.43. The van der Waals surface area contributed by atoms with Gasteiger partial charge in [0, 0.05) is 18.3 Å². The van der Waals surface area contributed by atoms with Crippen molar-refractivity contribution in [3.05, 3.63) is 0 Å². The summed E-state index contributed by atoms with van der Waals surface area (Å²) in [6.45, 7) is 0.633. The van der Waals surface area contributed by atoms with E-state index in [1.54, 1.807) is 0 Å². The van der Waals surface area contributed by atoms with Crippen LogP contribution in [-0.2, 0) is 4.79 Å². The van der Waals surface area contributed by atoms with E-state index in [9.17, 15) is 4.79 Å². The molecule has 9 heavy (non-hydrogen) atoms. The molecule has 0 radical (unpaired) electrons. The van der Waals surface area contributed by atoms with E-state index in [1.165, 1.54) is 0 Å². The van der Waals surface area contributed by atoms with Crippen molar-refractivity contribution in [2.24, 2.45) is 5.73 Å². The smallest absolute Gasteiger partial charge is 0.253 e. The van der Waals surface area contributed by atoms with E-state index in [0.29, 0.717) is 6.54 Å². The molecule has 1 amide bonds. The Morgan fingerprint density at radius 3 is 2.89 bits per heavy atom. The standard InChI is InChI=1S/C5H9ClN2O/c6-8-3-1-2-4(7)5(8)9/h4H,1-3,7H2/t4-/m0/s1. The van der Waals surface area contributed by atoms with Crippen LogP contribution >= 0.6 is 11.8 Å². The molecule has 0 aromatic carbocycles. The van der Waals surface area contributed by atoms with E-state index in [-0.39, 0.29) is 11.9 Å². The maximum Gasteiger partial charge on any atom is 0.253 e. The Kier molecular flexibility index (Phi) is 1.93. The predicted molar refractivity (Wildman–Crippen MR) is 34.8 cm³/mol. The second kappa shape index (κ2) is 2.54. The van der Waals surface area contributed by atoms with Gasteiger partial charge in [-0.3, -0.25) is 9.21 Å². The Morgan fingerprint density at radius 2 is 2.44 bits per heavy atom. The lowest BCUT2D eigenvalue weighted by Crippen LogP contribution is -2.43. The summed E-state index contributed by atoms with van der Waals surface area (Å²) in [5.41, 5.74) is 5.39. The van der Waals surface area contributed by atoms with E-state index in [4.69, 9.17) is 17.5 Å². The fourth-order valence-electron chi connectivity index (χ4n) is 0.864. The normalized spacial score (nSPS) is 28.9. The second-order valence-electron chi connectivity index (χ2n) is 2.17. The Hall–Kier alpha value is -0.280. The van der Waals surface area contributed by atoms with E-state index >= 15 is 0 Å². The zero-order valence-electron chi connectivity index (χ0n) is 5.01. The summed E-state index contributed by atoms with van der Waals surface area (Å²) >= 11 is 5.47. The first-order valence-electron chi connectivity index (χ1n) is 2.94. The molecule has 1 saturated heterocycles. The summed E-state index contributed by atoms with van der Waals surface area (Å²) in [4.78, 5) is 10.8. The number of carbonyl (C=O) groups is 1. The summed E-state index contributed by atoms with van der Waals surface area (Å²) in [5, 5.41) is 0. The lowest BCUT2D eigenvalue weighted by Gasteiger charge is -2.23. The SMILES string of the molecule is N[C@H]1CCCN(Cl)C1=O. The van der Waals surface area contributed by atoms with E-state index in [2.05, 4.69) is 0 Å². The topological polar surface area (TPSA) is 46.3 Å². The Labute approximate surface area is 58.9 Å². The first-order valence-corrected chi connectivity index (χ1v) is 3.28. The summed E-state index contributed by atoms with van der Waals surface area (Å²) in [6, 6.07) is -0.365. The van der Waals surface area contributed by atoms with E-state index < -0.39 is 0 Å². The first-order chi connectivity index (χ1) is 4.22. The van der Waals surface area contributed by atoms with Crippen LogP contribution in [0, 0.1) is 0 Å². The Bertz CT molecular complexity index is 116. The molecule has 1 fully saturated rings. The lowest BCUT2D eigenvalue weighted by atomic mass is 10.1. The minimum absolute atomic E-state index is 0.150. The number of nitrogens with two attached hydrogens (primary N) is 1. The molecule has 0 aliphatic carbocycles. The van der Waals surface area contributed by atoms with Gasteiger partial charge in [-0.05, 0) is 12.8 Å². The number of halogens is 1. The fourth-order valence-corrected chi connectivity index (χ4v) is 1.11. The highest BCUT2D eigenvalue weighted by Crippen LogP contribution is 2.10. The number of carbonyl (C=O) groups excluding carboxylic acids is 1. The van der Waals surface area contributed by atoms with Crippen LogP contribution < -0.4 is 5.73 Å². The molecule has 4 heteroatoms. The molecule has 52 valence electrons. The quantitative estimate of drug-likeness (QED) is 0.495. The van der Waals surface area contributed by atoms with Gasteiger partial charge in [-0.2, -0.15) is 0 Å². The van der Waals surface area contributed by atoms with Crippen LogP contribution in [0.25, 0.3) is 0 Å². The van der Waals surface area contributed by atoms with Gasteiger partial charge in [-0.1, -0.05) is 0 Å². The Balaban J connectivity index is 2.52. The summed E-state index contributed by atoms with van der Waals surface area (Å²) in [7, 11) is 0. The molecule has 1 aliphatic rings. The maximum absolute atomic E-state index is 10.8. The highest BCUT2D eigenvalue weighted by molar-refractivity contribution is 6.22. The molecule has 1 atom stereocenters. The van der Waals surface area contributed by atoms with Crippen LogP contribution in [0.1, 0.15) is 12.8 Å².